The van der Waals surface area contributed by atoms with Crippen LogP contribution in [0.25, 0.3) is 22.2 Å². The molecule has 2 heterocycles. The first-order valence-corrected chi connectivity index (χ1v) is 6.67. The van der Waals surface area contributed by atoms with Crippen LogP contribution in [0.5, 0.6) is 0 Å². The van der Waals surface area contributed by atoms with Crippen molar-refractivity contribution in [3.05, 3.63) is 35.5 Å². The van der Waals surface area contributed by atoms with Gasteiger partial charge in [0.05, 0.1) is 0 Å². The second-order valence-corrected chi connectivity index (χ2v) is 5.17. The first-order chi connectivity index (χ1) is 9.31. The maximum atomic E-state index is 5.61. The number of nitrogens with zero attached hydrogens (tertiary/aromatic N) is 1. The predicted molar refractivity (Wildman–Crippen MR) is 74.9 cm³/mol. The maximum Gasteiger partial charge on any atom is 0.169 e. The van der Waals surface area contributed by atoms with Crippen molar-refractivity contribution in [1.82, 2.24) is 10.1 Å². The number of hydrogen-bond donors (Lipinski definition) is 2. The van der Waals surface area contributed by atoms with E-state index in [0.717, 1.165) is 24.2 Å². The minimum atomic E-state index is 0.422. The molecule has 0 saturated carbocycles. The number of anilines is 1. The van der Waals surface area contributed by atoms with Crippen LogP contribution in [0.2, 0.25) is 0 Å². The van der Waals surface area contributed by atoms with Crippen LogP contribution in [0.1, 0.15) is 24.1 Å². The number of aromatic nitrogens is 2. The first kappa shape index (κ1) is 10.7. The molecule has 0 unspecified atom stereocenters. The highest BCUT2D eigenvalue weighted by molar-refractivity contribution is 5.88. The second-order valence-electron chi connectivity index (χ2n) is 5.17. The van der Waals surface area contributed by atoms with Gasteiger partial charge >= 0.3 is 0 Å². The topological polar surface area (TPSA) is 67.8 Å². The molecule has 0 spiro atoms. The van der Waals surface area contributed by atoms with Crippen molar-refractivity contribution in [1.29, 1.82) is 0 Å². The van der Waals surface area contributed by atoms with Crippen molar-refractivity contribution in [3.8, 4) is 11.3 Å². The summed E-state index contributed by atoms with van der Waals surface area (Å²) in [6.07, 6.45) is 4.89. The lowest BCUT2D eigenvalue weighted by Crippen LogP contribution is -1.99. The van der Waals surface area contributed by atoms with Crippen LogP contribution in [-0.4, -0.2) is 10.1 Å². The summed E-state index contributed by atoms with van der Waals surface area (Å²) < 4.78 is 5.23. The molecule has 96 valence electrons. The van der Waals surface area contributed by atoms with Gasteiger partial charge in [-0.3, -0.25) is 0 Å². The van der Waals surface area contributed by atoms with Gasteiger partial charge in [0.1, 0.15) is 0 Å². The lowest BCUT2D eigenvalue weighted by molar-refractivity contribution is 0.436. The van der Waals surface area contributed by atoms with Crippen LogP contribution in [0, 0.1) is 0 Å². The van der Waals surface area contributed by atoms with Crippen LogP contribution >= 0.6 is 0 Å². The Morgan fingerprint density at radius 3 is 2.89 bits per heavy atom. The molecule has 0 radical (unpaired) electrons. The lowest BCUT2D eigenvalue weighted by atomic mass is 9.95. The van der Waals surface area contributed by atoms with Crippen LogP contribution in [0.3, 0.4) is 0 Å². The third-order valence-electron chi connectivity index (χ3n) is 3.91. The van der Waals surface area contributed by atoms with Crippen LogP contribution in [-0.2, 0) is 12.8 Å². The Bertz CT molecular complexity index is 754. The quantitative estimate of drug-likeness (QED) is 0.699. The summed E-state index contributed by atoms with van der Waals surface area (Å²) in [5, 5.41) is 5.05. The monoisotopic (exact) mass is 253 g/mol. The summed E-state index contributed by atoms with van der Waals surface area (Å²) in [7, 11) is 0. The van der Waals surface area contributed by atoms with E-state index in [2.05, 4.69) is 22.3 Å². The molecule has 0 atom stereocenters. The molecule has 0 amide bonds. The summed E-state index contributed by atoms with van der Waals surface area (Å²) in [5.74, 6) is 1.15. The first-order valence-electron chi connectivity index (χ1n) is 6.67. The van der Waals surface area contributed by atoms with Crippen molar-refractivity contribution < 1.29 is 4.52 Å². The molecule has 1 aliphatic carbocycles. The van der Waals surface area contributed by atoms with Crippen molar-refractivity contribution in [2.24, 2.45) is 0 Å². The van der Waals surface area contributed by atoms with Gasteiger partial charge in [-0.2, -0.15) is 0 Å². The van der Waals surface area contributed by atoms with Gasteiger partial charge in [0.25, 0.3) is 0 Å². The molecular weight excluding hydrogens is 238 g/mol. The number of benzene rings is 1. The third kappa shape index (κ3) is 1.63. The minimum Gasteiger partial charge on any atom is -0.381 e. The lowest BCUT2D eigenvalue weighted by Gasteiger charge is -2.10. The van der Waals surface area contributed by atoms with E-state index in [1.54, 1.807) is 6.07 Å². The highest BCUT2D eigenvalue weighted by Crippen LogP contribution is 2.32. The zero-order valence-electron chi connectivity index (χ0n) is 10.6. The van der Waals surface area contributed by atoms with Crippen LogP contribution < -0.4 is 5.73 Å². The molecule has 2 aromatic heterocycles. The fourth-order valence-corrected chi connectivity index (χ4v) is 2.98. The van der Waals surface area contributed by atoms with Crippen molar-refractivity contribution in [2.45, 2.75) is 25.7 Å². The molecule has 19 heavy (non-hydrogen) atoms. The summed E-state index contributed by atoms with van der Waals surface area (Å²) in [5.41, 5.74) is 10.7. The summed E-state index contributed by atoms with van der Waals surface area (Å²) >= 11 is 0. The minimum absolute atomic E-state index is 0.422. The van der Waals surface area contributed by atoms with E-state index in [0.29, 0.717) is 5.82 Å². The smallest absolute Gasteiger partial charge is 0.169 e. The Morgan fingerprint density at radius 1 is 1.16 bits per heavy atom. The van der Waals surface area contributed by atoms with Gasteiger partial charge in [0, 0.05) is 28.2 Å². The number of fused-ring (bicyclic) bond motifs is 3. The standard InChI is InChI=1S/C15H15N3O/c16-15-8-14(19-18-15)9-5-6-13-11(7-9)10-3-1-2-4-12(10)17-13/h5-8,17H,1-4H2,(H2,16,18). The van der Waals surface area contributed by atoms with E-state index >= 15 is 0 Å². The predicted octanol–water partition coefficient (Wildman–Crippen LogP) is 3.28. The normalized spacial score (nSPS) is 14.7. The van der Waals surface area contributed by atoms with E-state index in [4.69, 9.17) is 10.3 Å². The van der Waals surface area contributed by atoms with E-state index in [-0.39, 0.29) is 0 Å². The number of hydrogen-bond acceptors (Lipinski definition) is 3. The molecule has 1 aromatic carbocycles. The molecule has 4 nitrogen and oxygen atoms in total. The molecule has 3 N–H and O–H groups in total. The fraction of sp³-hybridized carbons (Fsp3) is 0.267. The van der Waals surface area contributed by atoms with Gasteiger partial charge in [-0.05, 0) is 49.4 Å². The Kier molecular flexibility index (Phi) is 2.18. The van der Waals surface area contributed by atoms with E-state index in [1.807, 2.05) is 6.07 Å². The molecule has 0 aliphatic heterocycles. The summed E-state index contributed by atoms with van der Waals surface area (Å²) in [4.78, 5) is 3.53. The largest absolute Gasteiger partial charge is 0.381 e. The van der Waals surface area contributed by atoms with E-state index in [1.165, 1.54) is 35.0 Å². The molecule has 3 aromatic rings. The zero-order valence-corrected chi connectivity index (χ0v) is 10.6. The van der Waals surface area contributed by atoms with E-state index in [9.17, 15) is 0 Å². The van der Waals surface area contributed by atoms with Gasteiger partial charge < -0.3 is 15.2 Å². The third-order valence-corrected chi connectivity index (χ3v) is 3.91. The SMILES string of the molecule is Nc1cc(-c2ccc3[nH]c4c(c3c2)CCCC4)on1. The molecule has 0 fully saturated rings. The summed E-state index contributed by atoms with van der Waals surface area (Å²) in [6, 6.07) is 8.10. The maximum absolute atomic E-state index is 5.61. The van der Waals surface area contributed by atoms with Crippen LogP contribution in [0.4, 0.5) is 5.82 Å². The molecule has 1 aliphatic rings. The number of nitrogens with two attached hydrogens (primary N) is 1. The average molecular weight is 253 g/mol. The number of nitrogens with one attached hydrogen (secondary N) is 1. The van der Waals surface area contributed by atoms with Gasteiger partial charge in [-0.1, -0.05) is 5.16 Å². The molecule has 0 saturated heterocycles. The zero-order chi connectivity index (χ0) is 12.8. The van der Waals surface area contributed by atoms with Crippen molar-refractivity contribution in [3.63, 3.8) is 0 Å². The number of H-pyrrole nitrogens is 1. The number of aryl methyl sites for hydroxylation is 2. The van der Waals surface area contributed by atoms with Gasteiger partial charge in [-0.15, -0.1) is 0 Å². The van der Waals surface area contributed by atoms with Crippen molar-refractivity contribution >= 4 is 16.7 Å². The molecule has 4 heteroatoms. The van der Waals surface area contributed by atoms with Crippen LogP contribution in [0.15, 0.2) is 28.8 Å². The fourth-order valence-electron chi connectivity index (χ4n) is 2.98. The number of nitrogen functional groups attached to an aromatic ring is 1. The number of aromatic amines is 1. The molecule has 0 bridgehead atoms. The Labute approximate surface area is 110 Å². The molecule has 4 rings (SSSR count). The number of rotatable bonds is 1. The van der Waals surface area contributed by atoms with Gasteiger partial charge in [0.15, 0.2) is 11.6 Å². The Morgan fingerprint density at radius 2 is 2.05 bits per heavy atom. The second kappa shape index (κ2) is 3.88. The van der Waals surface area contributed by atoms with Gasteiger partial charge in [-0.25, -0.2) is 0 Å². The summed E-state index contributed by atoms with van der Waals surface area (Å²) in [6.45, 7) is 0. The highest BCUT2D eigenvalue weighted by atomic mass is 16.5. The highest BCUT2D eigenvalue weighted by Gasteiger charge is 2.16. The van der Waals surface area contributed by atoms with Gasteiger partial charge in [0.2, 0.25) is 0 Å². The van der Waals surface area contributed by atoms with E-state index < -0.39 is 0 Å². The molecular formula is C15H15N3O. The Balaban J connectivity index is 1.90. The Hall–Kier alpha value is -2.23. The van der Waals surface area contributed by atoms with Crippen molar-refractivity contribution in [2.75, 3.05) is 5.73 Å². The average Bonchev–Trinajstić information content (AvgIpc) is 3.01.